The minimum absolute atomic E-state index is 0.109. The smallest absolute Gasteiger partial charge is 0.214 e. The molecular formula is C24H24N2O5. The lowest BCUT2D eigenvalue weighted by Crippen LogP contribution is -2.36. The quantitative estimate of drug-likeness (QED) is 0.381. The first-order valence-electron chi connectivity index (χ1n) is 10.6. The molecule has 0 spiro atoms. The van der Waals surface area contributed by atoms with E-state index in [1.54, 1.807) is 41.1 Å². The number of fused-ring (bicyclic) bond motifs is 3. The lowest BCUT2D eigenvalue weighted by molar-refractivity contribution is 0.0370. The molecule has 1 aromatic heterocycles. The van der Waals surface area contributed by atoms with Crippen LogP contribution in [0.4, 0.5) is 0 Å². The third kappa shape index (κ3) is 3.21. The van der Waals surface area contributed by atoms with Crippen molar-refractivity contribution in [2.45, 2.75) is 19.4 Å². The van der Waals surface area contributed by atoms with Crippen molar-refractivity contribution >= 4 is 22.3 Å². The first kappa shape index (κ1) is 19.8. The monoisotopic (exact) mass is 420 g/mol. The number of morpholine rings is 1. The van der Waals surface area contributed by atoms with Crippen LogP contribution in [0.2, 0.25) is 0 Å². The number of hydrogen-bond acceptors (Lipinski definition) is 6. The van der Waals surface area contributed by atoms with E-state index in [2.05, 4.69) is 4.90 Å². The van der Waals surface area contributed by atoms with Gasteiger partial charge in [0, 0.05) is 36.6 Å². The Morgan fingerprint density at radius 3 is 2.13 bits per heavy atom. The Hall–Kier alpha value is -3.16. The summed E-state index contributed by atoms with van der Waals surface area (Å²) < 4.78 is 7.16. The van der Waals surface area contributed by atoms with Gasteiger partial charge < -0.3 is 19.5 Å². The fourth-order valence-electron chi connectivity index (χ4n) is 4.63. The van der Waals surface area contributed by atoms with Crippen LogP contribution in [0.1, 0.15) is 44.8 Å². The van der Waals surface area contributed by atoms with Gasteiger partial charge in [-0.2, -0.15) is 0 Å². The van der Waals surface area contributed by atoms with Crippen LogP contribution in [0, 0.1) is 0 Å². The predicted molar refractivity (Wildman–Crippen MR) is 115 cm³/mol. The fourth-order valence-corrected chi connectivity index (χ4v) is 4.63. The zero-order valence-electron chi connectivity index (χ0n) is 17.1. The van der Waals surface area contributed by atoms with E-state index in [9.17, 15) is 19.8 Å². The molecule has 7 heteroatoms. The van der Waals surface area contributed by atoms with Crippen molar-refractivity contribution in [2.75, 3.05) is 32.8 Å². The lowest BCUT2D eigenvalue weighted by atomic mass is 9.84. The van der Waals surface area contributed by atoms with Gasteiger partial charge in [0.2, 0.25) is 5.78 Å². The van der Waals surface area contributed by atoms with Gasteiger partial charge in [0.15, 0.2) is 5.78 Å². The number of carbonyl (C=O) groups is 2. The molecule has 0 radical (unpaired) electrons. The summed E-state index contributed by atoms with van der Waals surface area (Å²) >= 11 is 0. The summed E-state index contributed by atoms with van der Waals surface area (Å²) in [6.07, 6.45) is 3.58. The molecule has 5 rings (SSSR count). The number of aromatic hydroxyl groups is 2. The van der Waals surface area contributed by atoms with Crippen molar-refractivity contribution in [3.63, 3.8) is 0 Å². The van der Waals surface area contributed by atoms with Crippen LogP contribution in [0.3, 0.4) is 0 Å². The van der Waals surface area contributed by atoms with E-state index in [1.807, 2.05) is 0 Å². The van der Waals surface area contributed by atoms with Gasteiger partial charge in [-0.1, -0.05) is 24.3 Å². The Balaban J connectivity index is 1.43. The van der Waals surface area contributed by atoms with Gasteiger partial charge in [0.05, 0.1) is 29.9 Å². The number of carbonyl (C=O) groups excluding carboxylic acids is 2. The second-order valence-corrected chi connectivity index (χ2v) is 8.08. The third-order valence-corrected chi connectivity index (χ3v) is 6.27. The number of rotatable bonds is 5. The Morgan fingerprint density at radius 2 is 1.45 bits per heavy atom. The molecule has 2 aliphatic rings. The molecule has 7 nitrogen and oxygen atoms in total. The first-order chi connectivity index (χ1) is 15.1. The number of ketones is 2. The van der Waals surface area contributed by atoms with Gasteiger partial charge in [0.1, 0.15) is 17.2 Å². The number of nitrogens with zero attached hydrogens (tertiary/aromatic N) is 2. The molecule has 160 valence electrons. The number of aryl methyl sites for hydroxylation is 1. The molecular weight excluding hydrogens is 396 g/mol. The molecule has 1 saturated heterocycles. The predicted octanol–water partition coefficient (Wildman–Crippen LogP) is 2.94. The SMILES string of the molecule is O=C1c2ccn(CCCCN3CCOCC3)c2C(=O)c2c1c(O)c1ccccc1c2O. The summed E-state index contributed by atoms with van der Waals surface area (Å²) in [5.41, 5.74) is 0.338. The maximum Gasteiger partial charge on any atom is 0.214 e. The summed E-state index contributed by atoms with van der Waals surface area (Å²) in [5, 5.41) is 22.3. The summed E-state index contributed by atoms with van der Waals surface area (Å²) in [7, 11) is 0. The number of benzene rings is 2. The van der Waals surface area contributed by atoms with E-state index in [1.165, 1.54) is 0 Å². The number of ether oxygens (including phenoxy) is 1. The van der Waals surface area contributed by atoms with Crippen LogP contribution in [-0.4, -0.2) is 64.1 Å². The van der Waals surface area contributed by atoms with Gasteiger partial charge >= 0.3 is 0 Å². The molecule has 2 aromatic carbocycles. The standard InChI is InChI=1S/C24H24N2O5/c27-21-15-5-1-2-6-16(15)22(28)19-18(21)23(29)17-7-10-26(20(17)24(19)30)9-4-3-8-25-11-13-31-14-12-25/h1-2,5-7,10,27-28H,3-4,8-9,11-14H2. The van der Waals surface area contributed by atoms with Crippen LogP contribution >= 0.6 is 0 Å². The minimum Gasteiger partial charge on any atom is -0.506 e. The summed E-state index contributed by atoms with van der Waals surface area (Å²) in [6.45, 7) is 5.01. The van der Waals surface area contributed by atoms with E-state index in [0.717, 1.165) is 45.7 Å². The molecule has 0 unspecified atom stereocenters. The molecule has 2 heterocycles. The molecule has 2 N–H and O–H groups in total. The fraction of sp³-hybridized carbons (Fsp3) is 0.333. The molecule has 0 bridgehead atoms. The third-order valence-electron chi connectivity index (χ3n) is 6.27. The summed E-state index contributed by atoms with van der Waals surface area (Å²) in [4.78, 5) is 28.9. The summed E-state index contributed by atoms with van der Waals surface area (Å²) in [5.74, 6) is -1.38. The molecule has 1 fully saturated rings. The minimum atomic E-state index is -0.435. The van der Waals surface area contributed by atoms with E-state index in [-0.39, 0.29) is 33.9 Å². The number of hydrogen-bond donors (Lipinski definition) is 2. The topological polar surface area (TPSA) is 92.0 Å². The average Bonchev–Trinajstić information content (AvgIpc) is 3.23. The zero-order chi connectivity index (χ0) is 21.5. The molecule has 31 heavy (non-hydrogen) atoms. The van der Waals surface area contributed by atoms with Crippen molar-refractivity contribution in [1.29, 1.82) is 0 Å². The molecule has 3 aromatic rings. The van der Waals surface area contributed by atoms with Crippen molar-refractivity contribution in [1.82, 2.24) is 9.47 Å². The van der Waals surface area contributed by atoms with Gasteiger partial charge in [-0.3, -0.25) is 14.5 Å². The molecule has 1 aliphatic heterocycles. The average molecular weight is 420 g/mol. The van der Waals surface area contributed by atoms with Crippen LogP contribution in [-0.2, 0) is 11.3 Å². The van der Waals surface area contributed by atoms with Gasteiger partial charge in [0.25, 0.3) is 0 Å². The molecule has 1 aliphatic carbocycles. The number of phenols is 2. The van der Waals surface area contributed by atoms with Crippen molar-refractivity contribution in [2.24, 2.45) is 0 Å². The zero-order valence-corrected chi connectivity index (χ0v) is 17.1. The van der Waals surface area contributed by atoms with E-state index < -0.39 is 11.6 Å². The maximum atomic E-state index is 13.4. The number of phenolic OH excluding ortho intramolecular Hbond substituents is 2. The highest BCUT2D eigenvalue weighted by atomic mass is 16.5. The number of aromatic nitrogens is 1. The molecule has 0 saturated carbocycles. The van der Waals surface area contributed by atoms with Gasteiger partial charge in [-0.15, -0.1) is 0 Å². The van der Waals surface area contributed by atoms with Crippen molar-refractivity contribution in [3.8, 4) is 11.5 Å². The number of unbranched alkanes of at least 4 members (excludes halogenated alkanes) is 1. The van der Waals surface area contributed by atoms with Gasteiger partial charge in [-0.05, 0) is 25.5 Å². The highest BCUT2D eigenvalue weighted by Gasteiger charge is 2.38. The van der Waals surface area contributed by atoms with Crippen molar-refractivity contribution in [3.05, 3.63) is 58.9 Å². The van der Waals surface area contributed by atoms with Crippen LogP contribution in [0.15, 0.2) is 36.5 Å². The highest BCUT2D eigenvalue weighted by molar-refractivity contribution is 6.32. The second-order valence-electron chi connectivity index (χ2n) is 8.08. The highest BCUT2D eigenvalue weighted by Crippen LogP contribution is 2.44. The van der Waals surface area contributed by atoms with E-state index in [4.69, 9.17) is 4.74 Å². The Kier molecular flexibility index (Phi) is 5.00. The Labute approximate surface area is 179 Å². The van der Waals surface area contributed by atoms with Crippen LogP contribution < -0.4 is 0 Å². The Morgan fingerprint density at radius 1 is 0.839 bits per heavy atom. The first-order valence-corrected chi connectivity index (χ1v) is 10.6. The van der Waals surface area contributed by atoms with Gasteiger partial charge in [-0.25, -0.2) is 0 Å². The summed E-state index contributed by atoms with van der Waals surface area (Å²) in [6, 6.07) is 8.31. The Bertz CT molecular complexity index is 1190. The normalized spacial score (nSPS) is 16.5. The molecule has 0 amide bonds. The van der Waals surface area contributed by atoms with Crippen LogP contribution in [0.25, 0.3) is 10.8 Å². The largest absolute Gasteiger partial charge is 0.506 e. The van der Waals surface area contributed by atoms with E-state index in [0.29, 0.717) is 17.3 Å². The maximum absolute atomic E-state index is 13.4. The van der Waals surface area contributed by atoms with Crippen molar-refractivity contribution < 1.29 is 24.5 Å². The molecule has 0 atom stereocenters. The second kappa shape index (κ2) is 7.83. The van der Waals surface area contributed by atoms with Crippen LogP contribution in [0.5, 0.6) is 11.5 Å². The van der Waals surface area contributed by atoms with E-state index >= 15 is 0 Å². The lowest BCUT2D eigenvalue weighted by Gasteiger charge is -2.26.